The van der Waals surface area contributed by atoms with Crippen LogP contribution in [0.25, 0.3) is 0 Å². The van der Waals surface area contributed by atoms with Crippen LogP contribution in [0.4, 0.5) is 19.0 Å². The Morgan fingerprint density at radius 1 is 1.17 bits per heavy atom. The van der Waals surface area contributed by atoms with Crippen LogP contribution in [-0.2, 0) is 16.2 Å². The number of nitrogens with one attached hydrogen (secondary N) is 2. The van der Waals surface area contributed by atoms with Crippen LogP contribution in [-0.4, -0.2) is 45.5 Å². The molecule has 0 aliphatic carbocycles. The van der Waals surface area contributed by atoms with Gasteiger partial charge in [0.25, 0.3) is 0 Å². The highest BCUT2D eigenvalue weighted by molar-refractivity contribution is 7.89. The van der Waals surface area contributed by atoms with Gasteiger partial charge in [0.05, 0.1) is 5.56 Å². The summed E-state index contributed by atoms with van der Waals surface area (Å²) in [5.41, 5.74) is 0.195. The predicted octanol–water partition coefficient (Wildman–Crippen LogP) is 3.50. The van der Waals surface area contributed by atoms with Crippen LogP contribution in [0.1, 0.15) is 30.0 Å². The monoisotopic (exact) mass is 442 g/mol. The van der Waals surface area contributed by atoms with Gasteiger partial charge in [-0.1, -0.05) is 12.1 Å². The first-order valence-electron chi connectivity index (χ1n) is 9.62. The Labute approximate surface area is 174 Å². The van der Waals surface area contributed by atoms with Gasteiger partial charge in [-0.2, -0.15) is 13.2 Å². The Bertz CT molecular complexity index is 948. The molecule has 2 unspecified atom stereocenters. The van der Waals surface area contributed by atoms with E-state index in [-0.39, 0.29) is 16.9 Å². The molecule has 6 nitrogen and oxygen atoms in total. The number of likely N-dealkylation sites (tertiary alicyclic amines) is 1. The second-order valence-electron chi connectivity index (χ2n) is 7.42. The molecule has 1 aliphatic rings. The van der Waals surface area contributed by atoms with Gasteiger partial charge in [0.2, 0.25) is 10.0 Å². The second-order valence-corrected chi connectivity index (χ2v) is 9.30. The third-order valence-corrected chi connectivity index (χ3v) is 6.85. The number of halogens is 3. The van der Waals surface area contributed by atoms with Crippen molar-refractivity contribution in [2.75, 3.05) is 32.5 Å². The molecule has 10 heteroatoms. The van der Waals surface area contributed by atoms with Crippen molar-refractivity contribution in [2.45, 2.75) is 30.0 Å². The van der Waals surface area contributed by atoms with E-state index in [1.54, 1.807) is 18.2 Å². The highest BCUT2D eigenvalue weighted by atomic mass is 32.2. The zero-order valence-corrected chi connectivity index (χ0v) is 17.6. The van der Waals surface area contributed by atoms with Crippen molar-refractivity contribution in [3.63, 3.8) is 0 Å². The Hall–Kier alpha value is -2.17. The predicted molar refractivity (Wildman–Crippen MR) is 109 cm³/mol. The van der Waals surface area contributed by atoms with E-state index >= 15 is 0 Å². The van der Waals surface area contributed by atoms with E-state index in [1.807, 2.05) is 7.05 Å². The zero-order valence-electron chi connectivity index (χ0n) is 16.8. The summed E-state index contributed by atoms with van der Waals surface area (Å²) in [6, 6.07) is 8.43. The molecule has 2 heterocycles. The van der Waals surface area contributed by atoms with Crippen LogP contribution in [0.5, 0.6) is 0 Å². The van der Waals surface area contributed by atoms with Gasteiger partial charge in [0.1, 0.15) is 10.7 Å². The minimum atomic E-state index is -4.35. The minimum Gasteiger partial charge on any atom is -0.370 e. The quantitative estimate of drug-likeness (QED) is 0.716. The molecule has 1 aromatic carbocycles. The van der Waals surface area contributed by atoms with Crippen LogP contribution >= 0.6 is 0 Å². The lowest BCUT2D eigenvalue weighted by Gasteiger charge is -2.40. The fraction of sp³-hybridized carbons (Fsp3) is 0.450. The van der Waals surface area contributed by atoms with Gasteiger partial charge in [-0.3, -0.25) is 4.90 Å². The van der Waals surface area contributed by atoms with Gasteiger partial charge >= 0.3 is 6.18 Å². The molecule has 1 aliphatic heterocycles. The Balaban J connectivity index is 1.72. The van der Waals surface area contributed by atoms with Crippen molar-refractivity contribution in [3.8, 4) is 0 Å². The van der Waals surface area contributed by atoms with E-state index in [0.717, 1.165) is 37.1 Å². The number of benzene rings is 1. The molecular formula is C20H25F3N4O2S. The van der Waals surface area contributed by atoms with Crippen LogP contribution in [0.15, 0.2) is 47.5 Å². The average Bonchev–Trinajstić information content (AvgIpc) is 2.72. The third-order valence-electron chi connectivity index (χ3n) is 5.45. The molecule has 3 rings (SSSR count). The second kappa shape index (κ2) is 8.91. The van der Waals surface area contributed by atoms with Gasteiger partial charge in [-0.15, -0.1) is 0 Å². The molecule has 164 valence electrons. The van der Waals surface area contributed by atoms with Crippen molar-refractivity contribution < 1.29 is 21.6 Å². The molecule has 0 spiro atoms. The zero-order chi connectivity index (χ0) is 21.9. The van der Waals surface area contributed by atoms with Crippen LogP contribution in [0, 0.1) is 5.92 Å². The lowest BCUT2D eigenvalue weighted by atomic mass is 9.84. The summed E-state index contributed by atoms with van der Waals surface area (Å²) in [5.74, 6) is 0.715. The summed E-state index contributed by atoms with van der Waals surface area (Å²) in [6.07, 6.45) is -1.15. The van der Waals surface area contributed by atoms with Crippen molar-refractivity contribution in [3.05, 3.63) is 53.7 Å². The smallest absolute Gasteiger partial charge is 0.370 e. The molecule has 2 N–H and O–H groups in total. The average molecular weight is 443 g/mol. The summed E-state index contributed by atoms with van der Waals surface area (Å²) in [4.78, 5) is 6.40. The lowest BCUT2D eigenvalue weighted by Crippen LogP contribution is -2.39. The number of hydrogen-bond donors (Lipinski definition) is 2. The number of rotatable bonds is 6. The Morgan fingerprint density at radius 2 is 1.87 bits per heavy atom. The van der Waals surface area contributed by atoms with Crippen molar-refractivity contribution in [2.24, 2.45) is 5.92 Å². The van der Waals surface area contributed by atoms with Gasteiger partial charge in [-0.05, 0) is 69.2 Å². The molecule has 30 heavy (non-hydrogen) atoms. The van der Waals surface area contributed by atoms with Crippen molar-refractivity contribution >= 4 is 15.8 Å². The number of aromatic nitrogens is 1. The summed E-state index contributed by atoms with van der Waals surface area (Å²) in [6.45, 7) is 1.44. The molecule has 1 aromatic heterocycles. The number of alkyl halides is 3. The Kier molecular flexibility index (Phi) is 6.68. The lowest BCUT2D eigenvalue weighted by molar-refractivity contribution is -0.137. The third kappa shape index (κ3) is 5.11. The van der Waals surface area contributed by atoms with Crippen LogP contribution < -0.4 is 10.0 Å². The highest BCUT2D eigenvalue weighted by Gasteiger charge is 2.33. The first-order chi connectivity index (χ1) is 14.1. The number of hydrogen-bond acceptors (Lipinski definition) is 5. The summed E-state index contributed by atoms with van der Waals surface area (Å²) < 4.78 is 64.5. The van der Waals surface area contributed by atoms with E-state index in [0.29, 0.717) is 12.4 Å². The molecule has 0 bridgehead atoms. The van der Waals surface area contributed by atoms with Gasteiger partial charge < -0.3 is 5.32 Å². The summed E-state index contributed by atoms with van der Waals surface area (Å²) in [5, 5.41) is 3.23. The number of piperidine rings is 1. The number of sulfonamides is 1. The number of anilines is 1. The summed E-state index contributed by atoms with van der Waals surface area (Å²) in [7, 11) is -0.231. The van der Waals surface area contributed by atoms with Gasteiger partial charge in [-0.25, -0.2) is 18.1 Å². The fourth-order valence-corrected chi connectivity index (χ4v) is 4.54. The summed E-state index contributed by atoms with van der Waals surface area (Å²) >= 11 is 0. The SMILES string of the molecule is CNS(=O)(=O)c1ccc(NCC2CCCN(C)C2c2ccc(C(F)(F)F)cc2)nc1. The van der Waals surface area contributed by atoms with E-state index in [4.69, 9.17) is 0 Å². The molecule has 1 fully saturated rings. The first kappa shape index (κ1) is 22.5. The normalized spacial score (nSPS) is 20.8. The van der Waals surface area contributed by atoms with Crippen LogP contribution in [0.3, 0.4) is 0 Å². The molecule has 0 saturated carbocycles. The molecule has 0 amide bonds. The minimum absolute atomic E-state index is 0.0162. The standard InChI is InChI=1S/C20H25F3N4O2S/c1-24-30(28,29)17-9-10-18(26-13-17)25-12-15-4-3-11-27(2)19(15)14-5-7-16(8-6-14)20(21,22)23/h5-10,13,15,19,24H,3-4,11-12H2,1-2H3,(H,25,26). The van der Waals surface area contributed by atoms with Gasteiger partial charge in [0, 0.05) is 18.8 Å². The molecule has 2 aromatic rings. The molecule has 1 saturated heterocycles. The molecule has 0 radical (unpaired) electrons. The highest BCUT2D eigenvalue weighted by Crippen LogP contribution is 2.37. The fourth-order valence-electron chi connectivity index (χ4n) is 3.87. The largest absolute Gasteiger partial charge is 0.416 e. The van der Waals surface area contributed by atoms with Crippen molar-refractivity contribution in [1.29, 1.82) is 0 Å². The van der Waals surface area contributed by atoms with E-state index in [1.165, 1.54) is 19.3 Å². The maximum atomic E-state index is 12.9. The number of nitrogens with zero attached hydrogens (tertiary/aromatic N) is 2. The van der Waals surface area contributed by atoms with E-state index < -0.39 is 21.8 Å². The molecule has 2 atom stereocenters. The van der Waals surface area contributed by atoms with Crippen molar-refractivity contribution in [1.82, 2.24) is 14.6 Å². The van der Waals surface area contributed by atoms with Gasteiger partial charge in [0.15, 0.2) is 0 Å². The number of pyridine rings is 1. The molecular weight excluding hydrogens is 417 g/mol. The maximum Gasteiger partial charge on any atom is 0.416 e. The first-order valence-corrected chi connectivity index (χ1v) is 11.1. The van der Waals surface area contributed by atoms with E-state index in [9.17, 15) is 21.6 Å². The maximum absolute atomic E-state index is 12.9. The Morgan fingerprint density at radius 3 is 2.43 bits per heavy atom. The van der Waals surface area contributed by atoms with Crippen LogP contribution in [0.2, 0.25) is 0 Å². The van der Waals surface area contributed by atoms with E-state index in [2.05, 4.69) is 19.9 Å². The topological polar surface area (TPSA) is 74.3 Å².